The van der Waals surface area contributed by atoms with Crippen LogP contribution in [0.1, 0.15) is 72.9 Å². The van der Waals surface area contributed by atoms with E-state index in [1.54, 1.807) is 24.8 Å². The lowest BCUT2D eigenvalue weighted by molar-refractivity contribution is -0.129. The minimum absolute atomic E-state index is 0.0601. The van der Waals surface area contributed by atoms with Crippen molar-refractivity contribution in [2.24, 2.45) is 0 Å². The number of rotatable bonds is 10. The molecule has 1 aromatic carbocycles. The van der Waals surface area contributed by atoms with Gasteiger partial charge in [0.15, 0.2) is 5.82 Å². The van der Waals surface area contributed by atoms with Gasteiger partial charge in [0, 0.05) is 41.7 Å². The number of nitrogens with zero attached hydrogens (tertiary/aromatic N) is 3. The van der Waals surface area contributed by atoms with Crippen LogP contribution in [0.25, 0.3) is 0 Å². The van der Waals surface area contributed by atoms with Crippen LogP contribution in [0.4, 0.5) is 0 Å². The molecule has 36 heavy (non-hydrogen) atoms. The first-order valence-corrected chi connectivity index (χ1v) is 16.1. The van der Waals surface area contributed by atoms with E-state index in [1.807, 2.05) is 0 Å². The molecule has 1 aliphatic rings. The van der Waals surface area contributed by atoms with Crippen molar-refractivity contribution in [1.29, 1.82) is 0 Å². The van der Waals surface area contributed by atoms with Crippen molar-refractivity contribution >= 4 is 32.0 Å². The number of thioether (sulfide) groups is 1. The lowest BCUT2D eigenvalue weighted by atomic mass is 10.0. The molecule has 1 atom stereocenters. The first kappa shape index (κ1) is 28.0. The SMILES string of the molecule is COc1cc(O[Si](C)(C)C(C)(C)C)c(CSC[C@@H](c2nc(C)no2)N2CCCC2=O)c(C(=O)O)c1C. The number of aryl methyl sites for hydroxylation is 1. The third-order valence-electron chi connectivity index (χ3n) is 7.05. The molecular weight excluding hydrogens is 498 g/mol. The highest BCUT2D eigenvalue weighted by atomic mass is 32.2. The number of ether oxygens (including phenoxy) is 1. The minimum Gasteiger partial charge on any atom is -0.543 e. The van der Waals surface area contributed by atoms with Gasteiger partial charge in [-0.05, 0) is 38.4 Å². The van der Waals surface area contributed by atoms with Gasteiger partial charge in [-0.25, -0.2) is 4.79 Å². The van der Waals surface area contributed by atoms with Crippen LogP contribution in [0.5, 0.6) is 11.5 Å². The monoisotopic (exact) mass is 535 g/mol. The lowest BCUT2D eigenvalue weighted by Crippen LogP contribution is -2.44. The summed E-state index contributed by atoms with van der Waals surface area (Å²) < 4.78 is 17.6. The number of carbonyl (C=O) groups is 2. The third-order valence-corrected chi connectivity index (χ3v) is 12.4. The number of carboxylic acids is 1. The van der Waals surface area contributed by atoms with Crippen LogP contribution >= 0.6 is 11.8 Å². The summed E-state index contributed by atoms with van der Waals surface area (Å²) in [6.45, 7) is 14.8. The summed E-state index contributed by atoms with van der Waals surface area (Å²) in [7, 11) is -0.743. The van der Waals surface area contributed by atoms with Gasteiger partial charge >= 0.3 is 5.97 Å². The van der Waals surface area contributed by atoms with Crippen molar-refractivity contribution in [2.45, 2.75) is 77.4 Å². The zero-order valence-electron chi connectivity index (χ0n) is 22.4. The van der Waals surface area contributed by atoms with E-state index in [-0.39, 0.29) is 22.6 Å². The maximum atomic E-state index is 12.5. The van der Waals surface area contributed by atoms with Crippen LogP contribution in [0.2, 0.25) is 18.1 Å². The number of carbonyl (C=O) groups excluding carboxylic acids is 1. The van der Waals surface area contributed by atoms with Crippen molar-refractivity contribution in [3.8, 4) is 11.5 Å². The molecular formula is C25H37N3O6SSi. The number of benzene rings is 1. The Labute approximate surface area is 218 Å². The Kier molecular flexibility index (Phi) is 8.44. The topological polar surface area (TPSA) is 115 Å². The molecule has 0 unspecified atom stereocenters. The zero-order chi connectivity index (χ0) is 26.8. The summed E-state index contributed by atoms with van der Waals surface area (Å²) in [6, 6.07) is 1.43. The van der Waals surface area contributed by atoms with Crippen molar-refractivity contribution in [2.75, 3.05) is 19.4 Å². The van der Waals surface area contributed by atoms with Crippen LogP contribution in [0.15, 0.2) is 10.6 Å². The van der Waals surface area contributed by atoms with Crippen LogP contribution in [0.3, 0.4) is 0 Å². The minimum atomic E-state index is -2.27. The number of carboxylic acid groups (broad SMARTS) is 1. The summed E-state index contributed by atoms with van der Waals surface area (Å²) in [5, 5.41) is 14.0. The van der Waals surface area contributed by atoms with Crippen LogP contribution in [-0.4, -0.2) is 59.7 Å². The number of likely N-dealkylation sites (tertiary alicyclic amines) is 1. The highest BCUT2D eigenvalue weighted by Crippen LogP contribution is 2.42. The largest absolute Gasteiger partial charge is 0.543 e. The molecule has 11 heteroatoms. The average Bonchev–Trinajstić information content (AvgIpc) is 3.39. The van der Waals surface area contributed by atoms with Crippen molar-refractivity contribution in [3.63, 3.8) is 0 Å². The van der Waals surface area contributed by atoms with E-state index < -0.39 is 14.3 Å². The summed E-state index contributed by atoms with van der Waals surface area (Å²) in [4.78, 5) is 31.1. The second kappa shape index (κ2) is 10.8. The van der Waals surface area contributed by atoms with Gasteiger partial charge in [-0.1, -0.05) is 25.9 Å². The number of amides is 1. The molecule has 1 aliphatic heterocycles. The van der Waals surface area contributed by atoms with E-state index in [1.165, 1.54) is 18.9 Å². The smallest absolute Gasteiger partial charge is 0.336 e. The fourth-order valence-electron chi connectivity index (χ4n) is 3.97. The van der Waals surface area contributed by atoms with E-state index in [4.69, 9.17) is 13.7 Å². The van der Waals surface area contributed by atoms with Gasteiger partial charge in [0.1, 0.15) is 17.5 Å². The van der Waals surface area contributed by atoms with Crippen molar-refractivity contribution in [3.05, 3.63) is 34.5 Å². The molecule has 0 radical (unpaired) electrons. The second-order valence-electron chi connectivity index (χ2n) is 10.6. The Morgan fingerprint density at radius 2 is 2.00 bits per heavy atom. The number of hydrogen-bond acceptors (Lipinski definition) is 8. The Balaban J connectivity index is 1.96. The fourth-order valence-corrected chi connectivity index (χ4v) is 6.16. The molecule has 1 amide bonds. The molecule has 1 aromatic heterocycles. The van der Waals surface area contributed by atoms with Gasteiger partial charge in [0.25, 0.3) is 0 Å². The van der Waals surface area contributed by atoms with Crippen LogP contribution in [0, 0.1) is 13.8 Å². The fraction of sp³-hybridized carbons (Fsp3) is 0.600. The van der Waals surface area contributed by atoms with E-state index in [2.05, 4.69) is 44.0 Å². The molecule has 9 nitrogen and oxygen atoms in total. The third kappa shape index (κ3) is 5.88. The summed E-state index contributed by atoms with van der Waals surface area (Å²) >= 11 is 1.52. The summed E-state index contributed by atoms with van der Waals surface area (Å²) in [5.41, 5.74) is 1.36. The van der Waals surface area contributed by atoms with Gasteiger partial charge in [0.05, 0.1) is 12.7 Å². The Morgan fingerprint density at radius 3 is 2.50 bits per heavy atom. The highest BCUT2D eigenvalue weighted by molar-refractivity contribution is 7.98. The van der Waals surface area contributed by atoms with Gasteiger partial charge < -0.3 is 23.7 Å². The normalized spacial score (nSPS) is 15.3. The average molecular weight is 536 g/mol. The first-order chi connectivity index (χ1) is 16.8. The Hall–Kier alpha value is -2.53. The quantitative estimate of drug-likeness (QED) is 0.401. The molecule has 198 valence electrons. The molecule has 2 aromatic rings. The van der Waals surface area contributed by atoms with Crippen molar-refractivity contribution in [1.82, 2.24) is 15.0 Å². The molecule has 2 heterocycles. The van der Waals surface area contributed by atoms with Gasteiger partial charge in [-0.15, -0.1) is 0 Å². The summed E-state index contributed by atoms with van der Waals surface area (Å²) in [5.74, 6) is 1.82. The van der Waals surface area contributed by atoms with Crippen molar-refractivity contribution < 1.29 is 28.4 Å². The van der Waals surface area contributed by atoms with E-state index in [0.717, 1.165) is 6.42 Å². The van der Waals surface area contributed by atoms with Gasteiger partial charge in [-0.3, -0.25) is 4.79 Å². The second-order valence-corrected chi connectivity index (χ2v) is 16.4. The molecule has 0 aliphatic carbocycles. The van der Waals surface area contributed by atoms with E-state index >= 15 is 0 Å². The predicted octanol–water partition coefficient (Wildman–Crippen LogP) is 5.37. The van der Waals surface area contributed by atoms with Crippen LogP contribution in [-0.2, 0) is 10.5 Å². The Bertz CT molecular complexity index is 1130. The molecule has 0 spiro atoms. The van der Waals surface area contributed by atoms with Gasteiger partial charge in [0.2, 0.25) is 20.1 Å². The Morgan fingerprint density at radius 1 is 1.31 bits per heavy atom. The van der Waals surface area contributed by atoms with Gasteiger partial charge in [-0.2, -0.15) is 16.7 Å². The highest BCUT2D eigenvalue weighted by Gasteiger charge is 2.40. The number of hydrogen-bond donors (Lipinski definition) is 1. The number of methoxy groups -OCH3 is 1. The zero-order valence-corrected chi connectivity index (χ0v) is 24.2. The maximum absolute atomic E-state index is 12.5. The first-order valence-electron chi connectivity index (χ1n) is 12.1. The summed E-state index contributed by atoms with van der Waals surface area (Å²) in [6.07, 6.45) is 1.29. The lowest BCUT2D eigenvalue weighted by Gasteiger charge is -2.37. The molecule has 1 fully saturated rings. The molecule has 0 saturated carbocycles. The standard InChI is InChI=1S/C25H37N3O6SSi/c1-15-19(32-6)12-20(34-36(7,8)25(3,4)5)17(22(15)24(30)31)13-35-14-18(23-26-16(2)27-33-23)28-11-9-10-21(28)29/h12,18H,9-11,13-14H2,1-8H3,(H,30,31)/t18-/m0/s1. The van der Waals surface area contributed by atoms with Crippen LogP contribution < -0.4 is 9.16 Å². The molecule has 3 rings (SSSR count). The predicted molar refractivity (Wildman–Crippen MR) is 141 cm³/mol. The van der Waals surface area contributed by atoms with E-state index in [0.29, 0.717) is 58.8 Å². The maximum Gasteiger partial charge on any atom is 0.336 e. The van der Waals surface area contributed by atoms with E-state index in [9.17, 15) is 14.7 Å². The molecule has 0 bridgehead atoms. The number of aromatic carboxylic acids is 1. The number of aromatic nitrogens is 2. The molecule has 1 N–H and O–H groups in total. The molecule has 1 saturated heterocycles.